The molecule has 1 rings (SSSR count). The standard InChI is InChI=1S/C9H9BrF3NO3S/c10-6-1-3-7(4-2-6)18(16,17)14-5-8(15)9(11,12)13/h1-4,8,14-15H,5H2. The average molecular weight is 348 g/mol. The van der Waals surface area contributed by atoms with Gasteiger partial charge in [0.15, 0.2) is 6.10 Å². The topological polar surface area (TPSA) is 66.4 Å². The van der Waals surface area contributed by atoms with Crippen LogP contribution in [0, 0.1) is 0 Å². The number of aliphatic hydroxyl groups is 1. The first kappa shape index (κ1) is 15.4. The van der Waals surface area contributed by atoms with Crippen LogP contribution in [0.2, 0.25) is 0 Å². The molecule has 0 saturated carbocycles. The highest BCUT2D eigenvalue weighted by molar-refractivity contribution is 9.10. The number of hydrogen-bond donors (Lipinski definition) is 2. The highest BCUT2D eigenvalue weighted by Crippen LogP contribution is 2.20. The number of alkyl halides is 3. The summed E-state index contributed by atoms with van der Waals surface area (Å²) in [5.74, 6) is 0. The first-order valence-corrected chi connectivity index (χ1v) is 6.90. The molecule has 0 aliphatic rings. The van der Waals surface area contributed by atoms with Crippen molar-refractivity contribution in [2.24, 2.45) is 0 Å². The molecule has 1 aromatic rings. The molecular weight excluding hydrogens is 339 g/mol. The lowest BCUT2D eigenvalue weighted by molar-refractivity contribution is -0.200. The Hall–Kier alpha value is -0.640. The second-order valence-corrected chi connectivity index (χ2v) is 6.05. The molecule has 0 heterocycles. The molecule has 9 heteroatoms. The van der Waals surface area contributed by atoms with Gasteiger partial charge in [0.25, 0.3) is 0 Å². The number of halogens is 4. The van der Waals surface area contributed by atoms with E-state index in [1.807, 2.05) is 0 Å². The van der Waals surface area contributed by atoms with Gasteiger partial charge in [-0.2, -0.15) is 13.2 Å². The predicted octanol–water partition coefficient (Wildman–Crippen LogP) is 1.65. The van der Waals surface area contributed by atoms with Gasteiger partial charge in [-0.1, -0.05) is 15.9 Å². The molecule has 102 valence electrons. The van der Waals surface area contributed by atoms with Gasteiger partial charge in [-0.25, -0.2) is 13.1 Å². The first-order chi connectivity index (χ1) is 8.13. The van der Waals surface area contributed by atoms with Crippen LogP contribution >= 0.6 is 15.9 Å². The van der Waals surface area contributed by atoms with Crippen molar-refractivity contribution < 1.29 is 26.7 Å². The summed E-state index contributed by atoms with van der Waals surface area (Å²) in [5.41, 5.74) is 0. The SMILES string of the molecule is O=S(=O)(NCC(O)C(F)(F)F)c1ccc(Br)cc1. The average Bonchev–Trinajstić information content (AvgIpc) is 2.25. The van der Waals surface area contributed by atoms with E-state index in [1.54, 1.807) is 4.72 Å². The quantitative estimate of drug-likeness (QED) is 0.870. The highest BCUT2D eigenvalue weighted by Gasteiger charge is 2.38. The van der Waals surface area contributed by atoms with Crippen LogP contribution in [0.15, 0.2) is 33.6 Å². The van der Waals surface area contributed by atoms with Crippen LogP contribution in [0.5, 0.6) is 0 Å². The van der Waals surface area contributed by atoms with Gasteiger partial charge in [-0.3, -0.25) is 0 Å². The van der Waals surface area contributed by atoms with Gasteiger partial charge in [-0.05, 0) is 24.3 Å². The van der Waals surface area contributed by atoms with Crippen molar-refractivity contribution in [1.29, 1.82) is 0 Å². The van der Waals surface area contributed by atoms with Crippen molar-refractivity contribution in [3.63, 3.8) is 0 Å². The van der Waals surface area contributed by atoms with Crippen molar-refractivity contribution in [1.82, 2.24) is 4.72 Å². The smallest absolute Gasteiger partial charge is 0.382 e. The number of hydrogen-bond acceptors (Lipinski definition) is 3. The molecule has 0 amide bonds. The monoisotopic (exact) mass is 347 g/mol. The van der Waals surface area contributed by atoms with Gasteiger partial charge in [0.05, 0.1) is 4.90 Å². The minimum Gasteiger partial charge on any atom is -0.382 e. The van der Waals surface area contributed by atoms with Gasteiger partial charge in [-0.15, -0.1) is 0 Å². The van der Waals surface area contributed by atoms with E-state index in [-0.39, 0.29) is 4.90 Å². The minimum atomic E-state index is -4.86. The van der Waals surface area contributed by atoms with Crippen LogP contribution in [0.25, 0.3) is 0 Å². The molecular formula is C9H9BrF3NO3S. The largest absolute Gasteiger partial charge is 0.415 e. The fourth-order valence-corrected chi connectivity index (χ4v) is 2.30. The van der Waals surface area contributed by atoms with Gasteiger partial charge >= 0.3 is 6.18 Å². The van der Waals surface area contributed by atoms with E-state index < -0.39 is 28.8 Å². The molecule has 0 aromatic heterocycles. The summed E-state index contributed by atoms with van der Waals surface area (Å²) in [6.07, 6.45) is -7.59. The van der Waals surface area contributed by atoms with E-state index in [4.69, 9.17) is 5.11 Å². The van der Waals surface area contributed by atoms with Gasteiger partial charge in [0.2, 0.25) is 10.0 Å². The van der Waals surface area contributed by atoms with E-state index >= 15 is 0 Å². The van der Waals surface area contributed by atoms with Crippen LogP contribution in [0.3, 0.4) is 0 Å². The Balaban J connectivity index is 2.75. The highest BCUT2D eigenvalue weighted by atomic mass is 79.9. The van der Waals surface area contributed by atoms with E-state index in [0.29, 0.717) is 4.47 Å². The van der Waals surface area contributed by atoms with E-state index in [0.717, 1.165) is 0 Å². The van der Waals surface area contributed by atoms with Crippen LogP contribution < -0.4 is 4.72 Å². The molecule has 0 spiro atoms. The minimum absolute atomic E-state index is 0.180. The lowest BCUT2D eigenvalue weighted by Gasteiger charge is -2.15. The zero-order chi connectivity index (χ0) is 14.0. The Labute approximate surface area is 110 Å². The molecule has 0 radical (unpaired) electrons. The van der Waals surface area contributed by atoms with E-state index in [2.05, 4.69) is 15.9 Å². The first-order valence-electron chi connectivity index (χ1n) is 4.63. The summed E-state index contributed by atoms with van der Waals surface area (Å²) in [6.45, 7) is -1.12. The summed E-state index contributed by atoms with van der Waals surface area (Å²) in [7, 11) is -4.06. The molecule has 0 aliphatic carbocycles. The molecule has 0 fully saturated rings. The Bertz CT molecular complexity index is 501. The van der Waals surface area contributed by atoms with Crippen LogP contribution in [0.1, 0.15) is 0 Å². The molecule has 2 N–H and O–H groups in total. The fourth-order valence-electron chi connectivity index (χ4n) is 1.00. The van der Waals surface area contributed by atoms with Crippen molar-refractivity contribution in [3.05, 3.63) is 28.7 Å². The third-order valence-electron chi connectivity index (χ3n) is 1.97. The summed E-state index contributed by atoms with van der Waals surface area (Å²) in [6, 6.07) is 5.34. The fraction of sp³-hybridized carbons (Fsp3) is 0.333. The van der Waals surface area contributed by atoms with Crippen molar-refractivity contribution >= 4 is 26.0 Å². The summed E-state index contributed by atoms with van der Waals surface area (Å²) in [5, 5.41) is 8.68. The Morgan fingerprint density at radius 1 is 1.28 bits per heavy atom. The Morgan fingerprint density at radius 3 is 2.22 bits per heavy atom. The summed E-state index contributed by atoms with van der Waals surface area (Å²) >= 11 is 3.10. The van der Waals surface area contributed by atoms with E-state index in [9.17, 15) is 21.6 Å². The molecule has 18 heavy (non-hydrogen) atoms. The maximum absolute atomic E-state index is 12.0. The van der Waals surface area contributed by atoms with Gasteiger partial charge < -0.3 is 5.11 Å². The van der Waals surface area contributed by atoms with Crippen molar-refractivity contribution in [2.75, 3.05) is 6.54 Å². The predicted molar refractivity (Wildman–Crippen MR) is 61.4 cm³/mol. The third-order valence-corrected chi connectivity index (χ3v) is 3.94. The van der Waals surface area contributed by atoms with E-state index in [1.165, 1.54) is 24.3 Å². The summed E-state index contributed by atoms with van der Waals surface area (Å²) < 4.78 is 61.4. The number of benzene rings is 1. The van der Waals surface area contributed by atoms with Crippen LogP contribution in [0.4, 0.5) is 13.2 Å². The maximum atomic E-state index is 12.0. The number of sulfonamides is 1. The molecule has 0 aliphatic heterocycles. The molecule has 0 bridgehead atoms. The molecule has 1 aromatic carbocycles. The van der Waals surface area contributed by atoms with Crippen molar-refractivity contribution in [2.45, 2.75) is 17.2 Å². The number of aliphatic hydroxyl groups excluding tert-OH is 1. The maximum Gasteiger partial charge on any atom is 0.415 e. The lowest BCUT2D eigenvalue weighted by Crippen LogP contribution is -2.40. The van der Waals surface area contributed by atoms with Crippen molar-refractivity contribution in [3.8, 4) is 0 Å². The molecule has 1 atom stereocenters. The Morgan fingerprint density at radius 2 is 1.78 bits per heavy atom. The normalized spacial score (nSPS) is 14.5. The number of rotatable bonds is 4. The second-order valence-electron chi connectivity index (χ2n) is 3.36. The van der Waals surface area contributed by atoms with Gasteiger partial charge in [0.1, 0.15) is 0 Å². The van der Waals surface area contributed by atoms with Gasteiger partial charge in [0, 0.05) is 11.0 Å². The molecule has 1 unspecified atom stereocenters. The summed E-state index contributed by atoms with van der Waals surface area (Å²) in [4.78, 5) is -0.180. The lowest BCUT2D eigenvalue weighted by atomic mass is 10.4. The zero-order valence-corrected chi connectivity index (χ0v) is 11.2. The zero-order valence-electron chi connectivity index (χ0n) is 8.78. The second kappa shape index (κ2) is 5.55. The third kappa shape index (κ3) is 4.23. The number of nitrogens with one attached hydrogen (secondary N) is 1. The molecule has 4 nitrogen and oxygen atoms in total. The van der Waals surface area contributed by atoms with Crippen LogP contribution in [-0.4, -0.2) is 32.3 Å². The molecule has 0 saturated heterocycles. The van der Waals surface area contributed by atoms with Crippen LogP contribution in [-0.2, 0) is 10.0 Å². The Kier molecular flexibility index (Phi) is 4.76.